The molecule has 1 atom stereocenters. The first kappa shape index (κ1) is 11.7. The molecule has 1 aromatic rings. The average Bonchev–Trinajstić information content (AvgIpc) is 2.20. The second kappa shape index (κ2) is 5.04. The number of carbonyl (C=O) groups excluding carboxylic acids is 1. The number of piperazine rings is 1. The fraction of sp³-hybridized carbons (Fsp3) is 0.364. The Labute approximate surface area is 104 Å². The van der Waals surface area contributed by atoms with Gasteiger partial charge in [0.05, 0.1) is 6.54 Å². The normalized spacial score (nSPS) is 20.6. The molecule has 0 aromatic heterocycles. The summed E-state index contributed by atoms with van der Waals surface area (Å²) in [6, 6.07) is 5.74. The molecule has 2 N–H and O–H groups in total. The first-order chi connectivity index (χ1) is 7.63. The fourth-order valence-electron chi connectivity index (χ4n) is 1.77. The standard InChI is InChI=1S/C11H12Cl2N2O/c12-8-1-7(2-9(13)4-8)3-10-5-15-11(16)6-14-10/h1-2,4,10,14H,3,5-6H2,(H,15,16). The highest BCUT2D eigenvalue weighted by molar-refractivity contribution is 6.34. The van der Waals surface area contributed by atoms with Crippen LogP contribution < -0.4 is 10.6 Å². The SMILES string of the molecule is O=C1CNC(Cc2cc(Cl)cc(Cl)c2)CN1. The van der Waals surface area contributed by atoms with Crippen LogP contribution in [0.15, 0.2) is 18.2 Å². The molecule has 1 heterocycles. The van der Waals surface area contributed by atoms with Crippen LogP contribution in [0.5, 0.6) is 0 Å². The van der Waals surface area contributed by atoms with Crippen molar-refractivity contribution in [3.63, 3.8) is 0 Å². The molecule has 1 aliphatic rings. The van der Waals surface area contributed by atoms with Gasteiger partial charge in [-0.3, -0.25) is 4.79 Å². The van der Waals surface area contributed by atoms with Crippen LogP contribution in [0.3, 0.4) is 0 Å². The van der Waals surface area contributed by atoms with Crippen LogP contribution in [0.1, 0.15) is 5.56 Å². The number of benzene rings is 1. The molecule has 0 saturated carbocycles. The second-order valence-corrected chi connectivity index (χ2v) is 4.74. The smallest absolute Gasteiger partial charge is 0.234 e. The third kappa shape index (κ3) is 3.11. The maximum absolute atomic E-state index is 11.0. The van der Waals surface area contributed by atoms with Crippen molar-refractivity contribution >= 4 is 29.1 Å². The van der Waals surface area contributed by atoms with Crippen molar-refractivity contribution in [2.24, 2.45) is 0 Å². The van der Waals surface area contributed by atoms with Gasteiger partial charge in [-0.05, 0) is 30.2 Å². The van der Waals surface area contributed by atoms with Gasteiger partial charge in [-0.1, -0.05) is 23.2 Å². The number of amides is 1. The maximum atomic E-state index is 11.0. The van der Waals surface area contributed by atoms with Gasteiger partial charge in [0.1, 0.15) is 0 Å². The summed E-state index contributed by atoms with van der Waals surface area (Å²) >= 11 is 11.8. The fourth-order valence-corrected chi connectivity index (χ4v) is 2.34. The molecular formula is C11H12Cl2N2O. The highest BCUT2D eigenvalue weighted by Gasteiger charge is 2.17. The van der Waals surface area contributed by atoms with E-state index in [0.29, 0.717) is 23.1 Å². The second-order valence-electron chi connectivity index (χ2n) is 3.86. The number of hydrogen-bond acceptors (Lipinski definition) is 2. The Morgan fingerprint density at radius 3 is 2.50 bits per heavy atom. The van der Waals surface area contributed by atoms with Gasteiger partial charge in [0, 0.05) is 22.6 Å². The quantitative estimate of drug-likeness (QED) is 0.847. The van der Waals surface area contributed by atoms with Crippen LogP contribution in [-0.2, 0) is 11.2 Å². The minimum absolute atomic E-state index is 0.0420. The molecule has 2 rings (SSSR count). The van der Waals surface area contributed by atoms with Gasteiger partial charge >= 0.3 is 0 Å². The predicted molar refractivity (Wildman–Crippen MR) is 65.0 cm³/mol. The van der Waals surface area contributed by atoms with Crippen molar-refractivity contribution in [2.45, 2.75) is 12.5 Å². The Balaban J connectivity index is 2.00. The Hall–Kier alpha value is -0.770. The van der Waals surface area contributed by atoms with Crippen LogP contribution in [-0.4, -0.2) is 25.0 Å². The zero-order valence-electron chi connectivity index (χ0n) is 8.59. The minimum Gasteiger partial charge on any atom is -0.353 e. The van der Waals surface area contributed by atoms with Gasteiger partial charge in [0.25, 0.3) is 0 Å². The van der Waals surface area contributed by atoms with Crippen molar-refractivity contribution in [3.05, 3.63) is 33.8 Å². The molecule has 0 spiro atoms. The van der Waals surface area contributed by atoms with E-state index in [1.807, 2.05) is 12.1 Å². The van der Waals surface area contributed by atoms with Crippen molar-refractivity contribution < 1.29 is 4.79 Å². The highest BCUT2D eigenvalue weighted by Crippen LogP contribution is 2.20. The number of rotatable bonds is 2. The lowest BCUT2D eigenvalue weighted by atomic mass is 10.0. The van der Waals surface area contributed by atoms with Gasteiger partial charge < -0.3 is 10.6 Å². The van der Waals surface area contributed by atoms with Gasteiger partial charge in [-0.25, -0.2) is 0 Å². The number of halogens is 2. The third-order valence-corrected chi connectivity index (χ3v) is 2.94. The highest BCUT2D eigenvalue weighted by atomic mass is 35.5. The molecule has 86 valence electrons. The Morgan fingerprint density at radius 2 is 1.94 bits per heavy atom. The topological polar surface area (TPSA) is 41.1 Å². The van der Waals surface area contributed by atoms with Crippen LogP contribution in [0.25, 0.3) is 0 Å². The number of carbonyl (C=O) groups is 1. The zero-order chi connectivity index (χ0) is 11.5. The number of hydrogen-bond donors (Lipinski definition) is 2. The third-order valence-electron chi connectivity index (χ3n) is 2.50. The van der Waals surface area contributed by atoms with E-state index < -0.39 is 0 Å². The van der Waals surface area contributed by atoms with Crippen molar-refractivity contribution in [1.29, 1.82) is 0 Å². The summed E-state index contributed by atoms with van der Waals surface area (Å²) in [4.78, 5) is 11.0. The summed E-state index contributed by atoms with van der Waals surface area (Å²) in [7, 11) is 0. The summed E-state index contributed by atoms with van der Waals surface area (Å²) in [5.74, 6) is 0.0420. The lowest BCUT2D eigenvalue weighted by Gasteiger charge is -2.24. The van der Waals surface area contributed by atoms with Gasteiger partial charge in [0.2, 0.25) is 5.91 Å². The molecule has 0 aliphatic carbocycles. The molecule has 1 unspecified atom stereocenters. The summed E-state index contributed by atoms with van der Waals surface area (Å²) in [5.41, 5.74) is 1.08. The average molecular weight is 259 g/mol. The summed E-state index contributed by atoms with van der Waals surface area (Å²) < 4.78 is 0. The summed E-state index contributed by atoms with van der Waals surface area (Å²) in [6.07, 6.45) is 0.806. The molecule has 0 radical (unpaired) electrons. The van der Waals surface area contributed by atoms with Crippen LogP contribution in [0, 0.1) is 0 Å². The van der Waals surface area contributed by atoms with E-state index in [9.17, 15) is 4.79 Å². The van der Waals surface area contributed by atoms with E-state index in [4.69, 9.17) is 23.2 Å². The van der Waals surface area contributed by atoms with E-state index >= 15 is 0 Å². The van der Waals surface area contributed by atoms with Crippen LogP contribution in [0.4, 0.5) is 0 Å². The molecule has 0 bridgehead atoms. The van der Waals surface area contributed by atoms with Crippen LogP contribution in [0.2, 0.25) is 10.0 Å². The van der Waals surface area contributed by atoms with Crippen molar-refractivity contribution in [2.75, 3.05) is 13.1 Å². The summed E-state index contributed by atoms with van der Waals surface area (Å²) in [6.45, 7) is 1.02. The van der Waals surface area contributed by atoms with Crippen molar-refractivity contribution in [3.8, 4) is 0 Å². The molecule has 3 nitrogen and oxygen atoms in total. The summed E-state index contributed by atoms with van der Waals surface area (Å²) in [5, 5.41) is 7.25. The number of nitrogens with one attached hydrogen (secondary N) is 2. The van der Waals surface area contributed by atoms with Crippen molar-refractivity contribution in [1.82, 2.24) is 10.6 Å². The Morgan fingerprint density at radius 1 is 1.25 bits per heavy atom. The zero-order valence-corrected chi connectivity index (χ0v) is 10.1. The lowest BCUT2D eigenvalue weighted by molar-refractivity contribution is -0.121. The largest absolute Gasteiger partial charge is 0.353 e. The van der Waals surface area contributed by atoms with Gasteiger partial charge in [-0.15, -0.1) is 0 Å². The van der Waals surface area contributed by atoms with E-state index in [1.54, 1.807) is 6.07 Å². The first-order valence-corrected chi connectivity index (χ1v) is 5.84. The monoisotopic (exact) mass is 258 g/mol. The van der Waals surface area contributed by atoms with Gasteiger partial charge in [0.15, 0.2) is 0 Å². The van der Waals surface area contributed by atoms with E-state index in [-0.39, 0.29) is 11.9 Å². The lowest BCUT2D eigenvalue weighted by Crippen LogP contribution is -2.52. The van der Waals surface area contributed by atoms with Crippen LogP contribution >= 0.6 is 23.2 Å². The molecule has 5 heteroatoms. The first-order valence-electron chi connectivity index (χ1n) is 5.08. The Bertz CT molecular complexity index is 379. The Kier molecular flexibility index (Phi) is 3.69. The molecular weight excluding hydrogens is 247 g/mol. The van der Waals surface area contributed by atoms with E-state index in [0.717, 1.165) is 12.0 Å². The molecule has 1 saturated heterocycles. The van der Waals surface area contributed by atoms with Gasteiger partial charge in [-0.2, -0.15) is 0 Å². The molecule has 1 fully saturated rings. The van der Waals surface area contributed by atoms with E-state index in [2.05, 4.69) is 10.6 Å². The minimum atomic E-state index is 0.0420. The maximum Gasteiger partial charge on any atom is 0.234 e. The molecule has 1 aliphatic heterocycles. The molecule has 16 heavy (non-hydrogen) atoms. The predicted octanol–water partition coefficient (Wildman–Crippen LogP) is 1.62. The molecule has 1 amide bonds. The molecule has 1 aromatic carbocycles. The van der Waals surface area contributed by atoms with E-state index in [1.165, 1.54) is 0 Å².